The predicted octanol–water partition coefficient (Wildman–Crippen LogP) is 1.86. The second-order valence-electron chi connectivity index (χ2n) is 4.36. The first-order valence-electron chi connectivity index (χ1n) is 5.72. The number of nitrogens with two attached hydrogens (primary N) is 1. The van der Waals surface area contributed by atoms with Crippen LogP contribution in [0.4, 0.5) is 0 Å². The average molecular weight is 219 g/mol. The summed E-state index contributed by atoms with van der Waals surface area (Å²) in [6.07, 6.45) is 2.58. The Morgan fingerprint density at radius 2 is 2.06 bits per heavy atom. The maximum atomic E-state index is 11.7. The summed E-state index contributed by atoms with van der Waals surface area (Å²) in [4.78, 5) is 11.7. The van der Waals surface area contributed by atoms with E-state index < -0.39 is 0 Å². The zero-order chi connectivity index (χ0) is 11.4. The van der Waals surface area contributed by atoms with Gasteiger partial charge in [-0.2, -0.15) is 0 Å². The summed E-state index contributed by atoms with van der Waals surface area (Å²) in [5.74, 6) is -0.0875. The first-order valence-corrected chi connectivity index (χ1v) is 5.72. The maximum absolute atomic E-state index is 11.7. The first-order chi connectivity index (χ1) is 7.75. The molecule has 0 spiro atoms. The molecular weight excluding hydrogens is 202 g/mol. The number of ether oxygens (including phenoxy) is 1. The molecule has 16 heavy (non-hydrogen) atoms. The van der Waals surface area contributed by atoms with E-state index in [4.69, 9.17) is 10.5 Å². The molecule has 1 fully saturated rings. The van der Waals surface area contributed by atoms with Crippen LogP contribution in [0.2, 0.25) is 0 Å². The van der Waals surface area contributed by atoms with Crippen molar-refractivity contribution in [3.63, 3.8) is 0 Å². The van der Waals surface area contributed by atoms with Crippen molar-refractivity contribution in [1.82, 2.24) is 0 Å². The molecule has 1 aliphatic rings. The lowest BCUT2D eigenvalue weighted by Gasteiger charge is -2.09. The maximum Gasteiger partial charge on any atom is 0.309 e. The molecule has 1 saturated carbocycles. The largest absolute Gasteiger partial charge is 0.461 e. The van der Waals surface area contributed by atoms with Crippen molar-refractivity contribution in [3.8, 4) is 0 Å². The molecule has 2 atom stereocenters. The lowest BCUT2D eigenvalue weighted by atomic mass is 10.1. The Labute approximate surface area is 95.6 Å². The van der Waals surface area contributed by atoms with Gasteiger partial charge in [-0.05, 0) is 24.8 Å². The Bertz CT molecular complexity index is 350. The SMILES string of the molecule is N[C@H]1CC[C@H](C(=O)OCc2ccccc2)C1. The molecule has 3 nitrogen and oxygen atoms in total. The van der Waals surface area contributed by atoms with Gasteiger partial charge in [-0.15, -0.1) is 0 Å². The van der Waals surface area contributed by atoms with Gasteiger partial charge in [0.25, 0.3) is 0 Å². The van der Waals surface area contributed by atoms with Gasteiger partial charge >= 0.3 is 5.97 Å². The number of esters is 1. The number of benzene rings is 1. The van der Waals surface area contributed by atoms with Crippen LogP contribution in [0.25, 0.3) is 0 Å². The molecule has 1 aliphatic carbocycles. The lowest BCUT2D eigenvalue weighted by Crippen LogP contribution is -2.19. The minimum atomic E-state index is -0.100. The van der Waals surface area contributed by atoms with Crippen molar-refractivity contribution in [2.75, 3.05) is 0 Å². The topological polar surface area (TPSA) is 52.3 Å². The highest BCUT2D eigenvalue weighted by Gasteiger charge is 2.28. The lowest BCUT2D eigenvalue weighted by molar-refractivity contribution is -0.149. The monoisotopic (exact) mass is 219 g/mol. The molecule has 86 valence electrons. The molecule has 0 heterocycles. The zero-order valence-corrected chi connectivity index (χ0v) is 9.26. The van der Waals surface area contributed by atoms with E-state index in [-0.39, 0.29) is 17.9 Å². The summed E-state index contributed by atoms with van der Waals surface area (Å²) >= 11 is 0. The van der Waals surface area contributed by atoms with Crippen molar-refractivity contribution < 1.29 is 9.53 Å². The molecule has 0 radical (unpaired) electrons. The number of hydrogen-bond acceptors (Lipinski definition) is 3. The summed E-state index contributed by atoms with van der Waals surface area (Å²) in [5.41, 5.74) is 6.79. The standard InChI is InChI=1S/C13H17NO2/c14-12-7-6-11(8-12)13(15)16-9-10-4-2-1-3-5-10/h1-5,11-12H,6-9,14H2/t11-,12-/m0/s1. The van der Waals surface area contributed by atoms with Crippen molar-refractivity contribution in [1.29, 1.82) is 0 Å². The van der Waals surface area contributed by atoms with Gasteiger partial charge in [0.05, 0.1) is 5.92 Å². The zero-order valence-electron chi connectivity index (χ0n) is 9.26. The van der Waals surface area contributed by atoms with E-state index in [1.54, 1.807) is 0 Å². The second kappa shape index (κ2) is 5.12. The molecule has 0 saturated heterocycles. The van der Waals surface area contributed by atoms with Crippen LogP contribution < -0.4 is 5.73 Å². The minimum absolute atomic E-state index is 0.0127. The highest BCUT2D eigenvalue weighted by molar-refractivity contribution is 5.72. The summed E-state index contributed by atoms with van der Waals surface area (Å²) in [5, 5.41) is 0. The van der Waals surface area contributed by atoms with E-state index in [0.717, 1.165) is 24.8 Å². The van der Waals surface area contributed by atoms with Crippen LogP contribution in [0.15, 0.2) is 30.3 Å². The fourth-order valence-corrected chi connectivity index (χ4v) is 2.08. The molecule has 2 rings (SSSR count). The highest BCUT2D eigenvalue weighted by atomic mass is 16.5. The van der Waals surface area contributed by atoms with Crippen molar-refractivity contribution in [3.05, 3.63) is 35.9 Å². The van der Waals surface area contributed by atoms with Gasteiger partial charge in [-0.25, -0.2) is 0 Å². The fourth-order valence-electron chi connectivity index (χ4n) is 2.08. The Morgan fingerprint density at radius 3 is 2.69 bits per heavy atom. The Kier molecular flexibility index (Phi) is 3.57. The van der Waals surface area contributed by atoms with Gasteiger partial charge in [0.2, 0.25) is 0 Å². The van der Waals surface area contributed by atoms with Crippen LogP contribution in [0.5, 0.6) is 0 Å². The molecule has 1 aromatic carbocycles. The van der Waals surface area contributed by atoms with Gasteiger partial charge < -0.3 is 10.5 Å². The number of carbonyl (C=O) groups excluding carboxylic acids is 1. The van der Waals surface area contributed by atoms with Gasteiger partial charge in [0.1, 0.15) is 6.61 Å². The predicted molar refractivity (Wildman–Crippen MR) is 61.6 cm³/mol. The second-order valence-corrected chi connectivity index (χ2v) is 4.36. The summed E-state index contributed by atoms with van der Waals surface area (Å²) in [7, 11) is 0. The van der Waals surface area contributed by atoms with Crippen LogP contribution in [0, 0.1) is 5.92 Å². The molecule has 2 N–H and O–H groups in total. The van der Waals surface area contributed by atoms with Gasteiger partial charge in [-0.3, -0.25) is 4.79 Å². The van der Waals surface area contributed by atoms with Gasteiger partial charge in [0, 0.05) is 6.04 Å². The Morgan fingerprint density at radius 1 is 1.31 bits per heavy atom. The Hall–Kier alpha value is -1.35. The molecular formula is C13H17NO2. The number of carbonyl (C=O) groups is 1. The summed E-state index contributed by atoms with van der Waals surface area (Å²) in [6, 6.07) is 9.90. The van der Waals surface area contributed by atoms with Crippen molar-refractivity contribution in [2.24, 2.45) is 11.7 Å². The summed E-state index contributed by atoms with van der Waals surface area (Å²) in [6.45, 7) is 0.366. The molecule has 0 bridgehead atoms. The normalized spacial score (nSPS) is 24.3. The van der Waals surface area contributed by atoms with Crippen LogP contribution >= 0.6 is 0 Å². The van der Waals surface area contributed by atoms with E-state index in [1.165, 1.54) is 0 Å². The van der Waals surface area contributed by atoms with Crippen molar-refractivity contribution >= 4 is 5.97 Å². The van der Waals surface area contributed by atoms with E-state index in [0.29, 0.717) is 6.61 Å². The first kappa shape index (κ1) is 11.1. The smallest absolute Gasteiger partial charge is 0.309 e. The van der Waals surface area contributed by atoms with Gasteiger partial charge in [0.15, 0.2) is 0 Å². The number of hydrogen-bond donors (Lipinski definition) is 1. The van der Waals surface area contributed by atoms with E-state index in [1.807, 2.05) is 30.3 Å². The van der Waals surface area contributed by atoms with Crippen LogP contribution in [-0.2, 0) is 16.1 Å². The molecule has 0 aliphatic heterocycles. The van der Waals surface area contributed by atoms with E-state index >= 15 is 0 Å². The molecule has 1 aromatic rings. The summed E-state index contributed by atoms with van der Waals surface area (Å²) < 4.78 is 5.27. The molecule has 0 amide bonds. The van der Waals surface area contributed by atoms with Crippen LogP contribution in [0.3, 0.4) is 0 Å². The van der Waals surface area contributed by atoms with E-state index in [9.17, 15) is 4.79 Å². The van der Waals surface area contributed by atoms with Crippen molar-refractivity contribution in [2.45, 2.75) is 31.9 Å². The average Bonchev–Trinajstić information content (AvgIpc) is 2.74. The third kappa shape index (κ3) is 2.83. The molecule has 3 heteroatoms. The number of rotatable bonds is 3. The van der Waals surface area contributed by atoms with Gasteiger partial charge in [-0.1, -0.05) is 30.3 Å². The quantitative estimate of drug-likeness (QED) is 0.789. The van der Waals surface area contributed by atoms with Crippen LogP contribution in [-0.4, -0.2) is 12.0 Å². The third-order valence-electron chi connectivity index (χ3n) is 3.03. The molecule has 0 aromatic heterocycles. The minimum Gasteiger partial charge on any atom is -0.461 e. The Balaban J connectivity index is 1.80. The fraction of sp³-hybridized carbons (Fsp3) is 0.462. The van der Waals surface area contributed by atoms with E-state index in [2.05, 4.69) is 0 Å². The van der Waals surface area contributed by atoms with Crippen LogP contribution in [0.1, 0.15) is 24.8 Å². The highest BCUT2D eigenvalue weighted by Crippen LogP contribution is 2.25. The molecule has 0 unspecified atom stereocenters. The third-order valence-corrected chi connectivity index (χ3v) is 3.03.